The van der Waals surface area contributed by atoms with Gasteiger partial charge in [-0.2, -0.15) is 17.7 Å². The van der Waals surface area contributed by atoms with Crippen LogP contribution in [0.2, 0.25) is 0 Å². The number of allylic oxidation sites excluding steroid dienone is 4. The summed E-state index contributed by atoms with van der Waals surface area (Å²) in [6.07, 6.45) is 10.9. The molecule has 4 aromatic rings. The normalized spacial score (nSPS) is 15.3. The molecule has 1 nitrogen and oxygen atoms in total. The number of fused-ring (bicyclic) bond motifs is 3. The van der Waals surface area contributed by atoms with Crippen LogP contribution >= 0.6 is 0 Å². The summed E-state index contributed by atoms with van der Waals surface area (Å²) in [4.78, 5) is 0. The molecule has 186 valence electrons. The van der Waals surface area contributed by atoms with Crippen LogP contribution in [0.4, 0.5) is 0 Å². The fourth-order valence-electron chi connectivity index (χ4n) is 4.11. The molecule has 1 heterocycles. The molecule has 2 heteroatoms. The van der Waals surface area contributed by atoms with Crippen LogP contribution in [-0.4, -0.2) is 3.21 Å². The Labute approximate surface area is 233 Å². The first-order chi connectivity index (χ1) is 16.8. The van der Waals surface area contributed by atoms with Gasteiger partial charge in [0.15, 0.2) is 0 Å². The van der Waals surface area contributed by atoms with Crippen LogP contribution in [0.5, 0.6) is 0 Å². The summed E-state index contributed by atoms with van der Waals surface area (Å²) in [5.41, 5.74) is 5.46. The minimum atomic E-state index is 0.194. The Balaban J connectivity index is 0.000000200. The number of hydrogen-bond acceptors (Lipinski definition) is 1. The van der Waals surface area contributed by atoms with Gasteiger partial charge in [-0.05, 0) is 10.8 Å². The summed E-state index contributed by atoms with van der Waals surface area (Å²) in [5, 5.41) is 5.49. The number of hydrogen-bond donors (Lipinski definition) is 0. The molecule has 1 aromatic heterocycles. The maximum atomic E-state index is 4.97. The van der Waals surface area contributed by atoms with Gasteiger partial charge in [0.05, 0.1) is 6.26 Å². The molecule has 0 saturated carbocycles. The molecule has 0 N–H and O–H groups in total. The van der Waals surface area contributed by atoms with Crippen molar-refractivity contribution in [1.82, 2.24) is 0 Å². The van der Waals surface area contributed by atoms with E-state index in [9.17, 15) is 0 Å². The predicted octanol–water partition coefficient (Wildman–Crippen LogP) is 9.72. The quantitative estimate of drug-likeness (QED) is 0.213. The van der Waals surface area contributed by atoms with Crippen LogP contribution < -0.4 is 0 Å². The fourth-order valence-corrected chi connectivity index (χ4v) is 4.11. The molecule has 0 amide bonds. The first kappa shape index (κ1) is 28.4. The van der Waals surface area contributed by atoms with E-state index in [0.717, 1.165) is 11.1 Å². The molecule has 1 unspecified atom stereocenters. The third-order valence-electron chi connectivity index (χ3n) is 6.21. The number of furan rings is 1. The van der Waals surface area contributed by atoms with Gasteiger partial charge in [-0.1, -0.05) is 101 Å². The van der Waals surface area contributed by atoms with E-state index in [4.69, 9.17) is 4.42 Å². The summed E-state index contributed by atoms with van der Waals surface area (Å²) in [6.45, 7) is 20.0. The van der Waals surface area contributed by atoms with Crippen molar-refractivity contribution in [3.05, 3.63) is 96.0 Å². The van der Waals surface area contributed by atoms with Crippen molar-refractivity contribution >= 4 is 30.3 Å². The monoisotopic (exact) mass is 554 g/mol. The average Bonchev–Trinajstić information content (AvgIpc) is 3.51. The van der Waals surface area contributed by atoms with Gasteiger partial charge in [-0.25, -0.2) is 0 Å². The Morgan fingerprint density at radius 2 is 1.36 bits per heavy atom. The summed E-state index contributed by atoms with van der Waals surface area (Å²) >= 11 is 1.55. The molecule has 1 aliphatic carbocycles. The second-order valence-electron chi connectivity index (χ2n) is 12.0. The van der Waals surface area contributed by atoms with Gasteiger partial charge < -0.3 is 4.42 Å². The Morgan fingerprint density at radius 3 is 1.72 bits per heavy atom. The molecule has 3 aromatic carbocycles. The fraction of sp³-hybridized carbons (Fsp3) is 0.353. The molecule has 0 bridgehead atoms. The van der Waals surface area contributed by atoms with Gasteiger partial charge >= 0.3 is 41.3 Å². The Bertz CT molecular complexity index is 1310. The van der Waals surface area contributed by atoms with Crippen LogP contribution in [0.3, 0.4) is 0 Å². The number of rotatable bonds is 1. The molecule has 5 rings (SSSR count). The first-order valence-corrected chi connectivity index (χ1v) is 14.0. The molecule has 0 radical (unpaired) electrons. The van der Waals surface area contributed by atoms with Gasteiger partial charge in [0.25, 0.3) is 0 Å². The minimum absolute atomic E-state index is 0.194. The Morgan fingerprint density at radius 1 is 0.861 bits per heavy atom. The van der Waals surface area contributed by atoms with E-state index in [1.165, 1.54) is 35.9 Å². The molecule has 0 saturated heterocycles. The van der Waals surface area contributed by atoms with E-state index < -0.39 is 0 Å². The van der Waals surface area contributed by atoms with Gasteiger partial charge in [0, 0.05) is 6.26 Å². The Kier molecular flexibility index (Phi) is 9.05. The van der Waals surface area contributed by atoms with E-state index >= 15 is 0 Å². The van der Waals surface area contributed by atoms with Crippen LogP contribution in [0.1, 0.15) is 79.0 Å². The van der Waals surface area contributed by atoms with Crippen molar-refractivity contribution in [2.45, 2.75) is 73.1 Å². The molecule has 1 aliphatic rings. The molecule has 1 atom stereocenters. The van der Waals surface area contributed by atoms with Crippen molar-refractivity contribution < 1.29 is 28.7 Å². The summed E-state index contributed by atoms with van der Waals surface area (Å²) in [5.74, 6) is 0.444. The predicted molar refractivity (Wildman–Crippen MR) is 154 cm³/mol. The van der Waals surface area contributed by atoms with Crippen LogP contribution in [0.25, 0.3) is 27.1 Å². The van der Waals surface area contributed by atoms with Gasteiger partial charge in [0.1, 0.15) is 0 Å². The van der Waals surface area contributed by atoms with E-state index in [1.54, 1.807) is 36.8 Å². The van der Waals surface area contributed by atoms with Crippen molar-refractivity contribution in [2.75, 3.05) is 0 Å². The van der Waals surface area contributed by atoms with Crippen molar-refractivity contribution in [3.8, 4) is 0 Å². The van der Waals surface area contributed by atoms with Crippen LogP contribution in [-0.2, 0) is 35.1 Å². The van der Waals surface area contributed by atoms with Crippen molar-refractivity contribution in [3.63, 3.8) is 0 Å². The van der Waals surface area contributed by atoms with E-state index in [0.29, 0.717) is 5.92 Å². The average molecular weight is 556 g/mol. The third-order valence-corrected chi connectivity index (χ3v) is 6.21. The molecular weight excluding hydrogens is 516 g/mol. The Hall–Kier alpha value is -2.18. The van der Waals surface area contributed by atoms with Gasteiger partial charge in [0.2, 0.25) is 0 Å². The van der Waals surface area contributed by atoms with E-state index in [1.807, 2.05) is 6.07 Å². The second-order valence-corrected chi connectivity index (χ2v) is 14.4. The zero-order valence-corrected chi connectivity index (χ0v) is 25.9. The second kappa shape index (κ2) is 11.5. The zero-order valence-electron chi connectivity index (χ0n) is 23.4. The summed E-state index contributed by atoms with van der Waals surface area (Å²) < 4.78 is 6.47. The van der Waals surface area contributed by atoms with Crippen LogP contribution in [0, 0.1) is 12.0 Å². The molecule has 0 fully saturated rings. The van der Waals surface area contributed by atoms with Crippen molar-refractivity contribution in [1.29, 1.82) is 0 Å². The van der Waals surface area contributed by atoms with E-state index in [2.05, 4.69) is 123 Å². The first-order valence-electron chi connectivity index (χ1n) is 12.8. The zero-order chi connectivity index (χ0) is 26.7. The molecular formula is C34H40OZr. The maximum absolute atomic E-state index is 4.97. The summed E-state index contributed by atoms with van der Waals surface area (Å²) in [7, 11) is 0. The summed E-state index contributed by atoms with van der Waals surface area (Å²) in [6, 6.07) is 18.1. The molecule has 0 spiro atoms. The number of benzene rings is 2. The van der Waals surface area contributed by atoms with Crippen molar-refractivity contribution in [2.24, 2.45) is 5.92 Å². The van der Waals surface area contributed by atoms with Gasteiger partial charge in [-0.3, -0.25) is 0 Å². The van der Waals surface area contributed by atoms with E-state index in [-0.39, 0.29) is 10.8 Å². The third kappa shape index (κ3) is 7.42. The topological polar surface area (TPSA) is 13.1 Å². The molecule has 0 aliphatic heterocycles. The SMILES string of the molecule is CC(C)(C)c1ccc2[cH-]c3ccc(C(C)(C)C)cc3c2c1.CC1[C-]=C(c2ccoc2)C=C1.C[C](C)=[Zr+2]. The standard InChI is InChI=1S/C21H25.C10H9O.C3H6.Zr/c1-20(2,3)16-9-7-14-11-15-8-10-17(21(4,5)6)13-19(15)18(14)12-16;1-8-2-3-9(6-8)10-4-5-11-7-10;1-3-2;/h7-13H,1-6H3;2-5,7-8H,1H3;1-2H3;/q2*-1;;+2. The van der Waals surface area contributed by atoms with Crippen LogP contribution in [0.15, 0.2) is 77.6 Å². The molecule has 36 heavy (non-hydrogen) atoms. The van der Waals surface area contributed by atoms with Gasteiger partial charge in [-0.15, -0.1) is 45.8 Å².